The molecule has 2 rings (SSSR count). The third-order valence-electron chi connectivity index (χ3n) is 7.07. The Balaban J connectivity index is 2.27. The minimum atomic E-state index is -0.848. The average Bonchev–Trinajstić information content (AvgIpc) is 2.61. The fourth-order valence-electron chi connectivity index (χ4n) is 4.90. The van der Waals surface area contributed by atoms with E-state index >= 15 is 0 Å². The number of aliphatic hydroxyl groups is 2. The summed E-state index contributed by atoms with van der Waals surface area (Å²) < 4.78 is 5.14. The lowest BCUT2D eigenvalue weighted by molar-refractivity contribution is -0.156. The highest BCUT2D eigenvalue weighted by Gasteiger charge is 2.52. The molecule has 142 valence electrons. The highest BCUT2D eigenvalue weighted by molar-refractivity contribution is 5.77. The molecule has 0 aliphatic heterocycles. The Labute approximate surface area is 152 Å². The first kappa shape index (κ1) is 20.2. The summed E-state index contributed by atoms with van der Waals surface area (Å²) in [6, 6.07) is 0. The summed E-state index contributed by atoms with van der Waals surface area (Å²) in [5.41, 5.74) is 1.61. The first-order valence-electron chi connectivity index (χ1n) is 9.46. The lowest BCUT2D eigenvalue weighted by Crippen LogP contribution is -2.47. The molecule has 0 radical (unpaired) electrons. The molecule has 0 bridgehead atoms. The van der Waals surface area contributed by atoms with Crippen LogP contribution >= 0.6 is 0 Å². The van der Waals surface area contributed by atoms with Crippen LogP contribution < -0.4 is 0 Å². The average molecular weight is 350 g/mol. The fraction of sp³-hybridized carbons (Fsp3) is 0.762. The summed E-state index contributed by atoms with van der Waals surface area (Å²) in [7, 11) is 1.48. The number of allylic oxidation sites excluding steroid dienone is 2. The van der Waals surface area contributed by atoms with E-state index in [1.165, 1.54) is 12.7 Å². The molecular formula is C21H34O4. The van der Waals surface area contributed by atoms with Gasteiger partial charge in [0.2, 0.25) is 0 Å². The topological polar surface area (TPSA) is 66.8 Å². The molecule has 25 heavy (non-hydrogen) atoms. The van der Waals surface area contributed by atoms with Crippen molar-refractivity contribution in [2.45, 2.75) is 65.4 Å². The van der Waals surface area contributed by atoms with Gasteiger partial charge in [0.15, 0.2) is 0 Å². The third-order valence-corrected chi connectivity index (χ3v) is 7.07. The number of hydrogen-bond acceptors (Lipinski definition) is 4. The maximum atomic E-state index is 12.5. The van der Waals surface area contributed by atoms with E-state index in [1.54, 1.807) is 0 Å². The zero-order chi connectivity index (χ0) is 18.8. The van der Waals surface area contributed by atoms with Gasteiger partial charge in [-0.25, -0.2) is 0 Å². The van der Waals surface area contributed by atoms with Crippen LogP contribution in [0.25, 0.3) is 0 Å². The molecule has 2 N–H and O–H groups in total. The molecule has 0 aromatic heterocycles. The van der Waals surface area contributed by atoms with E-state index in [1.807, 2.05) is 0 Å². The van der Waals surface area contributed by atoms with Crippen LogP contribution in [0.15, 0.2) is 23.8 Å². The molecule has 0 amide bonds. The molecule has 4 heteroatoms. The summed E-state index contributed by atoms with van der Waals surface area (Å²) in [5, 5.41) is 18.9. The SMILES string of the molecule is C=C(CCC1(C)C2=CCCC(C)(C(=O)OC)C2CCC1C)C(O)CO. The normalized spacial score (nSPS) is 36.2. The van der Waals surface area contributed by atoms with Gasteiger partial charge in [-0.2, -0.15) is 0 Å². The van der Waals surface area contributed by atoms with E-state index in [-0.39, 0.29) is 23.9 Å². The number of carbonyl (C=O) groups is 1. The van der Waals surface area contributed by atoms with E-state index < -0.39 is 11.5 Å². The Morgan fingerprint density at radius 2 is 2.12 bits per heavy atom. The number of rotatable bonds is 6. The molecule has 5 unspecified atom stereocenters. The van der Waals surface area contributed by atoms with Crippen molar-refractivity contribution in [3.8, 4) is 0 Å². The Kier molecular flexibility index (Phi) is 6.16. The molecular weight excluding hydrogens is 316 g/mol. The smallest absolute Gasteiger partial charge is 0.312 e. The summed E-state index contributed by atoms with van der Waals surface area (Å²) in [4.78, 5) is 12.5. The van der Waals surface area contributed by atoms with Crippen molar-refractivity contribution in [2.75, 3.05) is 13.7 Å². The molecule has 2 aliphatic rings. The van der Waals surface area contributed by atoms with Crippen LogP contribution in [0.4, 0.5) is 0 Å². The van der Waals surface area contributed by atoms with E-state index in [4.69, 9.17) is 9.84 Å². The maximum absolute atomic E-state index is 12.5. The Bertz CT molecular complexity index is 552. The van der Waals surface area contributed by atoms with Crippen molar-refractivity contribution in [2.24, 2.45) is 22.7 Å². The van der Waals surface area contributed by atoms with Gasteiger partial charge in [-0.15, -0.1) is 0 Å². The zero-order valence-corrected chi connectivity index (χ0v) is 16.2. The molecule has 1 saturated carbocycles. The minimum absolute atomic E-state index is 0.0171. The Morgan fingerprint density at radius 3 is 2.72 bits per heavy atom. The van der Waals surface area contributed by atoms with Crippen molar-refractivity contribution in [1.29, 1.82) is 0 Å². The van der Waals surface area contributed by atoms with E-state index in [2.05, 4.69) is 33.4 Å². The number of fused-ring (bicyclic) bond motifs is 1. The summed E-state index contributed by atoms with van der Waals surface area (Å²) in [6.07, 6.45) is 6.91. The molecule has 0 saturated heterocycles. The van der Waals surface area contributed by atoms with E-state index in [0.717, 1.165) is 32.1 Å². The molecule has 5 atom stereocenters. The molecule has 1 fully saturated rings. The van der Waals surface area contributed by atoms with Crippen LogP contribution in [-0.2, 0) is 9.53 Å². The van der Waals surface area contributed by atoms with Crippen molar-refractivity contribution >= 4 is 5.97 Å². The standard InChI is InChI=1S/C21H34O4/c1-14(18(23)13-22)10-12-20(3)15(2)8-9-17-16(20)7-6-11-21(17,4)19(24)25-5/h7,15,17-18,22-23H,1,6,8-13H2,2-5H3. The largest absolute Gasteiger partial charge is 0.469 e. The van der Waals surface area contributed by atoms with Crippen LogP contribution in [0.3, 0.4) is 0 Å². The molecule has 0 heterocycles. The highest BCUT2D eigenvalue weighted by Crippen LogP contribution is 2.58. The van der Waals surface area contributed by atoms with Crippen LogP contribution in [0.1, 0.15) is 59.3 Å². The van der Waals surface area contributed by atoms with Gasteiger partial charge < -0.3 is 14.9 Å². The van der Waals surface area contributed by atoms with Gasteiger partial charge in [-0.3, -0.25) is 4.79 Å². The molecule has 0 aromatic carbocycles. The van der Waals surface area contributed by atoms with Gasteiger partial charge >= 0.3 is 5.97 Å². The second-order valence-electron chi connectivity index (χ2n) is 8.41. The second-order valence-corrected chi connectivity index (χ2v) is 8.41. The lowest BCUT2D eigenvalue weighted by Gasteiger charge is -2.53. The number of esters is 1. The quantitative estimate of drug-likeness (QED) is 0.567. The zero-order valence-electron chi connectivity index (χ0n) is 16.2. The molecule has 4 nitrogen and oxygen atoms in total. The highest BCUT2D eigenvalue weighted by atomic mass is 16.5. The number of ether oxygens (including phenoxy) is 1. The first-order valence-corrected chi connectivity index (χ1v) is 9.46. The molecule has 0 aromatic rings. The van der Waals surface area contributed by atoms with Crippen LogP contribution in [-0.4, -0.2) is 36.0 Å². The number of carbonyl (C=O) groups excluding carboxylic acids is 1. The monoisotopic (exact) mass is 350 g/mol. The fourth-order valence-corrected chi connectivity index (χ4v) is 4.90. The lowest BCUT2D eigenvalue weighted by atomic mass is 9.51. The van der Waals surface area contributed by atoms with Crippen molar-refractivity contribution in [3.05, 3.63) is 23.8 Å². The van der Waals surface area contributed by atoms with Gasteiger partial charge in [0.1, 0.15) is 0 Å². The molecule has 0 spiro atoms. The number of methoxy groups -OCH3 is 1. The van der Waals surface area contributed by atoms with Crippen molar-refractivity contribution in [1.82, 2.24) is 0 Å². The van der Waals surface area contributed by atoms with Gasteiger partial charge in [0.05, 0.1) is 25.2 Å². The Hall–Kier alpha value is -1.13. The van der Waals surface area contributed by atoms with Crippen LogP contribution in [0, 0.1) is 22.7 Å². The van der Waals surface area contributed by atoms with Gasteiger partial charge in [-0.1, -0.05) is 32.1 Å². The predicted molar refractivity (Wildman–Crippen MR) is 98.9 cm³/mol. The van der Waals surface area contributed by atoms with E-state index in [0.29, 0.717) is 17.9 Å². The number of hydrogen-bond donors (Lipinski definition) is 2. The third kappa shape index (κ3) is 3.56. The van der Waals surface area contributed by atoms with Gasteiger partial charge in [-0.05, 0) is 68.3 Å². The van der Waals surface area contributed by atoms with Crippen molar-refractivity contribution in [3.63, 3.8) is 0 Å². The van der Waals surface area contributed by atoms with Crippen LogP contribution in [0.2, 0.25) is 0 Å². The minimum Gasteiger partial charge on any atom is -0.469 e. The summed E-state index contributed by atoms with van der Waals surface area (Å²) in [5.74, 6) is 0.639. The van der Waals surface area contributed by atoms with Crippen molar-refractivity contribution < 1.29 is 19.7 Å². The van der Waals surface area contributed by atoms with E-state index in [9.17, 15) is 9.90 Å². The van der Waals surface area contributed by atoms with Gasteiger partial charge in [0.25, 0.3) is 0 Å². The predicted octanol–water partition coefficient (Wildman–Crippen LogP) is 3.63. The maximum Gasteiger partial charge on any atom is 0.312 e. The summed E-state index contributed by atoms with van der Waals surface area (Å²) >= 11 is 0. The van der Waals surface area contributed by atoms with Crippen LogP contribution in [0.5, 0.6) is 0 Å². The summed E-state index contributed by atoms with van der Waals surface area (Å²) in [6.45, 7) is 10.3. The molecule has 2 aliphatic carbocycles. The number of aliphatic hydroxyl groups excluding tert-OH is 2. The Morgan fingerprint density at radius 1 is 1.44 bits per heavy atom. The first-order chi connectivity index (χ1) is 11.7. The van der Waals surface area contributed by atoms with Gasteiger partial charge in [0, 0.05) is 0 Å². The second kappa shape index (κ2) is 7.63.